The first kappa shape index (κ1) is 25.0. The van der Waals surface area contributed by atoms with E-state index in [0.717, 1.165) is 16.5 Å². The summed E-state index contributed by atoms with van der Waals surface area (Å²) in [5, 5.41) is 31.9. The van der Waals surface area contributed by atoms with Crippen LogP contribution in [0.25, 0.3) is 22.1 Å². The number of nitrogen functional groups attached to an aromatic ring is 1. The number of furan rings is 1. The molecule has 1 aliphatic heterocycles. The lowest BCUT2D eigenvalue weighted by molar-refractivity contribution is -0.138. The van der Waals surface area contributed by atoms with Crippen LogP contribution in [0, 0.1) is 0 Å². The quantitative estimate of drug-likeness (QED) is 0.193. The summed E-state index contributed by atoms with van der Waals surface area (Å²) in [6, 6.07) is 6.70. The van der Waals surface area contributed by atoms with Crippen molar-refractivity contribution in [1.29, 1.82) is 0 Å². The predicted molar refractivity (Wildman–Crippen MR) is 132 cm³/mol. The summed E-state index contributed by atoms with van der Waals surface area (Å²) >= 11 is 0. The minimum Gasteiger partial charge on any atom is -0.480 e. The fraction of sp³-hybridized carbons (Fsp3) is 0.417. The Kier molecular flexibility index (Phi) is 7.04. The van der Waals surface area contributed by atoms with E-state index in [2.05, 4.69) is 15.0 Å². The van der Waals surface area contributed by atoms with Crippen LogP contribution in [0.15, 0.2) is 47.6 Å². The monoisotopic (exact) mass is 511 g/mol. The van der Waals surface area contributed by atoms with Gasteiger partial charge in [-0.05, 0) is 24.5 Å². The summed E-state index contributed by atoms with van der Waals surface area (Å²) in [5.41, 5.74) is 14.2. The summed E-state index contributed by atoms with van der Waals surface area (Å²) in [7, 11) is 0. The molecule has 1 aliphatic rings. The van der Waals surface area contributed by atoms with Crippen molar-refractivity contribution in [3.05, 3.63) is 48.7 Å². The third-order valence-electron chi connectivity index (χ3n) is 6.77. The molecular formula is C24H29N7O6. The van der Waals surface area contributed by atoms with Gasteiger partial charge in [-0.2, -0.15) is 0 Å². The van der Waals surface area contributed by atoms with Gasteiger partial charge in [-0.15, -0.1) is 0 Å². The number of carboxylic acid groups (broad SMARTS) is 1. The molecule has 0 bridgehead atoms. The largest absolute Gasteiger partial charge is 0.480 e. The van der Waals surface area contributed by atoms with Gasteiger partial charge in [0.15, 0.2) is 17.7 Å². The first-order chi connectivity index (χ1) is 17.8. The van der Waals surface area contributed by atoms with Crippen LogP contribution in [0.2, 0.25) is 0 Å². The second kappa shape index (κ2) is 10.4. The number of hydrogen-bond acceptors (Lipinski definition) is 11. The maximum Gasteiger partial charge on any atom is 0.320 e. The van der Waals surface area contributed by atoms with Crippen molar-refractivity contribution in [2.45, 2.75) is 43.4 Å². The van der Waals surface area contributed by atoms with Gasteiger partial charge in [-0.25, -0.2) is 15.0 Å². The molecule has 4 aromatic rings. The van der Waals surface area contributed by atoms with Crippen molar-refractivity contribution in [3.63, 3.8) is 0 Å². The van der Waals surface area contributed by atoms with Gasteiger partial charge in [0.25, 0.3) is 0 Å². The third-order valence-corrected chi connectivity index (χ3v) is 6.77. The van der Waals surface area contributed by atoms with Crippen LogP contribution in [0.5, 0.6) is 0 Å². The van der Waals surface area contributed by atoms with Crippen molar-refractivity contribution in [1.82, 2.24) is 24.4 Å². The number of nitrogens with zero attached hydrogens (tertiary/aromatic N) is 5. The number of para-hydroxylation sites is 1. The number of hydrogen-bond donors (Lipinski definition) is 5. The molecule has 5 atom stereocenters. The van der Waals surface area contributed by atoms with E-state index >= 15 is 0 Å². The fourth-order valence-electron chi connectivity index (χ4n) is 4.67. The zero-order valence-electron chi connectivity index (χ0n) is 19.9. The number of aliphatic hydroxyl groups is 2. The van der Waals surface area contributed by atoms with E-state index in [-0.39, 0.29) is 18.8 Å². The van der Waals surface area contributed by atoms with Crippen molar-refractivity contribution < 1.29 is 29.3 Å². The number of fused-ring (bicyclic) bond motifs is 2. The summed E-state index contributed by atoms with van der Waals surface area (Å²) in [6.45, 7) is 1.12. The molecule has 13 heteroatoms. The van der Waals surface area contributed by atoms with Crippen molar-refractivity contribution in [3.8, 4) is 0 Å². The van der Waals surface area contributed by atoms with Crippen LogP contribution < -0.4 is 11.5 Å². The molecule has 0 saturated carbocycles. The van der Waals surface area contributed by atoms with Crippen LogP contribution >= 0.6 is 0 Å². The molecule has 1 saturated heterocycles. The molecule has 7 N–H and O–H groups in total. The van der Waals surface area contributed by atoms with Gasteiger partial charge in [0.1, 0.15) is 41.8 Å². The lowest BCUT2D eigenvalue weighted by Crippen LogP contribution is -2.43. The summed E-state index contributed by atoms with van der Waals surface area (Å²) in [4.78, 5) is 25.5. The number of imidazole rings is 1. The van der Waals surface area contributed by atoms with Crippen LogP contribution in [0.1, 0.15) is 18.2 Å². The highest BCUT2D eigenvalue weighted by atomic mass is 16.6. The van der Waals surface area contributed by atoms with Gasteiger partial charge in [0.05, 0.1) is 12.6 Å². The molecule has 196 valence electrons. The number of carboxylic acids is 1. The Morgan fingerprint density at radius 3 is 2.78 bits per heavy atom. The molecule has 5 rings (SSSR count). The summed E-state index contributed by atoms with van der Waals surface area (Å²) in [5.74, 6) is -0.886. The third kappa shape index (κ3) is 4.99. The zero-order valence-corrected chi connectivity index (χ0v) is 19.9. The number of ether oxygens (including phenoxy) is 1. The number of aliphatic carboxylic acids is 1. The first-order valence-corrected chi connectivity index (χ1v) is 11.9. The van der Waals surface area contributed by atoms with E-state index in [1.165, 1.54) is 17.2 Å². The molecule has 37 heavy (non-hydrogen) atoms. The van der Waals surface area contributed by atoms with Crippen LogP contribution in [-0.4, -0.2) is 89.7 Å². The van der Waals surface area contributed by atoms with Crippen LogP contribution in [0.4, 0.5) is 5.82 Å². The van der Waals surface area contributed by atoms with Crippen LogP contribution in [-0.2, 0) is 16.0 Å². The van der Waals surface area contributed by atoms with E-state index in [0.29, 0.717) is 30.7 Å². The Morgan fingerprint density at radius 2 is 1.97 bits per heavy atom. The maximum atomic E-state index is 11.3. The first-order valence-electron chi connectivity index (χ1n) is 11.9. The standard InChI is InChI=1S/C24H29N7O6/c25-15(24(34)35)6-8-30(7-5-13-10-36-16-4-2-1-3-14(13)16)9-17-19(32)20(33)23(37-17)31-12-29-18-21(26)27-11-28-22(18)31/h1-4,10-12,15,17,19-20,23,32-33H,5-9,25H2,(H,34,35)(H2,26,27,28)/t15-,17+,19+,20+,23+/m0/s1. The smallest absolute Gasteiger partial charge is 0.320 e. The highest BCUT2D eigenvalue weighted by molar-refractivity contribution is 5.81. The molecular weight excluding hydrogens is 482 g/mol. The van der Waals surface area contributed by atoms with Crippen LogP contribution in [0.3, 0.4) is 0 Å². The SMILES string of the molecule is Nc1ncnc2c1ncn2[C@@H]1O[C@H](CN(CCc2coc3ccccc23)CC[C@H](N)C(=O)O)[C@@H](O)[C@H]1O. The average Bonchev–Trinajstić information content (AvgIpc) is 3.58. The second-order valence-electron chi connectivity index (χ2n) is 9.17. The minimum atomic E-state index is -1.25. The van der Waals surface area contributed by atoms with E-state index in [1.807, 2.05) is 29.2 Å². The average molecular weight is 512 g/mol. The van der Waals surface area contributed by atoms with E-state index in [4.69, 9.17) is 20.6 Å². The van der Waals surface area contributed by atoms with Gasteiger partial charge < -0.3 is 40.8 Å². The Bertz CT molecular complexity index is 1390. The van der Waals surface area contributed by atoms with E-state index in [9.17, 15) is 20.1 Å². The Morgan fingerprint density at radius 1 is 1.16 bits per heavy atom. The molecule has 0 amide bonds. The van der Waals surface area contributed by atoms with Gasteiger partial charge in [0, 0.05) is 25.0 Å². The fourth-order valence-corrected chi connectivity index (χ4v) is 4.67. The molecule has 0 radical (unpaired) electrons. The van der Waals surface area contributed by atoms with Gasteiger partial charge in [-0.3, -0.25) is 9.36 Å². The Hall–Kier alpha value is -3.62. The molecule has 13 nitrogen and oxygen atoms in total. The van der Waals surface area contributed by atoms with Gasteiger partial charge in [0.2, 0.25) is 0 Å². The van der Waals surface area contributed by atoms with Crippen molar-refractivity contribution in [2.75, 3.05) is 25.4 Å². The molecule has 4 heterocycles. The Balaban J connectivity index is 1.32. The van der Waals surface area contributed by atoms with Gasteiger partial charge in [-0.1, -0.05) is 18.2 Å². The lowest BCUT2D eigenvalue weighted by atomic mass is 10.1. The molecule has 3 aromatic heterocycles. The normalized spacial score (nSPS) is 22.8. The van der Waals surface area contributed by atoms with Crippen molar-refractivity contribution in [2.24, 2.45) is 5.73 Å². The number of aliphatic hydroxyl groups excluding tert-OH is 2. The summed E-state index contributed by atoms with van der Waals surface area (Å²) in [6.07, 6.45) is 1.11. The second-order valence-corrected chi connectivity index (χ2v) is 9.17. The zero-order chi connectivity index (χ0) is 26.1. The molecule has 0 spiro atoms. The summed E-state index contributed by atoms with van der Waals surface area (Å²) < 4.78 is 13.2. The molecule has 1 aromatic carbocycles. The molecule has 0 unspecified atom stereocenters. The van der Waals surface area contributed by atoms with Crippen molar-refractivity contribution >= 4 is 33.9 Å². The van der Waals surface area contributed by atoms with E-state index in [1.54, 1.807) is 6.26 Å². The molecule has 1 fully saturated rings. The molecule has 0 aliphatic carbocycles. The number of carbonyl (C=O) groups is 1. The maximum absolute atomic E-state index is 11.3. The minimum absolute atomic E-state index is 0.195. The highest BCUT2D eigenvalue weighted by Crippen LogP contribution is 2.32. The number of nitrogens with two attached hydrogens (primary N) is 2. The van der Waals surface area contributed by atoms with Gasteiger partial charge >= 0.3 is 5.97 Å². The number of anilines is 1. The Labute approximate surface area is 211 Å². The number of rotatable bonds is 10. The van der Waals surface area contributed by atoms with E-state index < -0.39 is 36.6 Å². The lowest BCUT2D eigenvalue weighted by Gasteiger charge is -2.27. The number of aromatic nitrogens is 4. The predicted octanol–water partition coefficient (Wildman–Crippen LogP) is 0.121. The topological polar surface area (TPSA) is 199 Å². The highest BCUT2D eigenvalue weighted by Gasteiger charge is 2.44. The number of benzene rings is 1.